The molecular formula is C24H21N3O6S. The predicted octanol–water partition coefficient (Wildman–Crippen LogP) is 3.00. The van der Waals surface area contributed by atoms with Gasteiger partial charge < -0.3 is 15.5 Å². The van der Waals surface area contributed by atoms with Gasteiger partial charge in [0.05, 0.1) is 21.9 Å². The Morgan fingerprint density at radius 3 is 2.59 bits per heavy atom. The fourth-order valence-electron chi connectivity index (χ4n) is 3.76. The summed E-state index contributed by atoms with van der Waals surface area (Å²) in [4.78, 5) is 53.0. The second kappa shape index (κ2) is 8.99. The number of carboxylic acids is 1. The van der Waals surface area contributed by atoms with Crippen molar-refractivity contribution in [2.75, 3.05) is 0 Å². The highest BCUT2D eigenvalue weighted by Gasteiger charge is 2.20. The number of carbonyl (C=O) groups excluding carboxylic acids is 1. The number of fused-ring (bicyclic) bond motifs is 1. The number of aromatic hydroxyl groups is 1. The molecule has 1 unspecified atom stereocenters. The topological polar surface area (TPSA) is 141 Å². The van der Waals surface area contributed by atoms with Gasteiger partial charge in [-0.1, -0.05) is 24.3 Å². The summed E-state index contributed by atoms with van der Waals surface area (Å²) in [7, 11) is 0. The van der Waals surface area contributed by atoms with Gasteiger partial charge in [0.2, 0.25) is 0 Å². The summed E-state index contributed by atoms with van der Waals surface area (Å²) in [6.45, 7) is 3.51. The minimum atomic E-state index is -1.05. The number of nitrogens with one attached hydrogen (secondary N) is 2. The Bertz CT molecular complexity index is 1550. The van der Waals surface area contributed by atoms with Crippen LogP contribution in [-0.4, -0.2) is 31.6 Å². The molecule has 1 atom stereocenters. The maximum atomic E-state index is 13.2. The lowest BCUT2D eigenvalue weighted by atomic mass is 10.0. The first kappa shape index (κ1) is 23.0. The number of hydrogen-bond donors (Lipinski definition) is 4. The van der Waals surface area contributed by atoms with Crippen LogP contribution < -0.4 is 16.6 Å². The van der Waals surface area contributed by atoms with Gasteiger partial charge in [-0.15, -0.1) is 11.3 Å². The molecule has 174 valence electrons. The lowest BCUT2D eigenvalue weighted by Crippen LogP contribution is -2.37. The van der Waals surface area contributed by atoms with Crippen LogP contribution in [0.15, 0.2) is 58.1 Å². The standard InChI is InChI=1S/C24H21N3O6S/c1-12-8-15(6-7-17(12)23(31)32)13(2)27-22(30)18-10-19(34-21(18)26-24(27)33)20(29)25-11-14-4-3-5-16(28)9-14/h3-10,13,28H,11H2,1-2H3,(H,25,29)(H,26,33)(H,31,32). The molecule has 1 amide bonds. The number of nitrogens with zero attached hydrogens (tertiary/aromatic N) is 1. The normalized spacial score (nSPS) is 11.9. The molecule has 10 heteroatoms. The number of phenolic OH excluding ortho intramolecular Hbond substituents is 1. The SMILES string of the molecule is Cc1cc(C(C)n2c(=O)[nH]c3sc(C(=O)NCc4cccc(O)c4)cc3c2=O)ccc1C(=O)O. The third kappa shape index (κ3) is 4.35. The molecule has 4 N–H and O–H groups in total. The van der Waals surface area contributed by atoms with Crippen molar-refractivity contribution in [1.82, 2.24) is 14.9 Å². The number of hydrogen-bond acceptors (Lipinski definition) is 6. The summed E-state index contributed by atoms with van der Waals surface area (Å²) in [6, 6.07) is 11.9. The van der Waals surface area contributed by atoms with Gasteiger partial charge in [-0.3, -0.25) is 19.1 Å². The average molecular weight is 480 g/mol. The van der Waals surface area contributed by atoms with E-state index >= 15 is 0 Å². The Balaban J connectivity index is 1.65. The van der Waals surface area contributed by atoms with Gasteiger partial charge in [0.25, 0.3) is 11.5 Å². The van der Waals surface area contributed by atoms with Crippen molar-refractivity contribution in [3.63, 3.8) is 0 Å². The van der Waals surface area contributed by atoms with Crippen LogP contribution in [-0.2, 0) is 6.54 Å². The molecule has 2 aromatic carbocycles. The van der Waals surface area contributed by atoms with Gasteiger partial charge in [-0.2, -0.15) is 0 Å². The second-order valence-electron chi connectivity index (χ2n) is 7.87. The lowest BCUT2D eigenvalue weighted by molar-refractivity contribution is 0.0695. The van der Waals surface area contributed by atoms with Crippen molar-refractivity contribution in [3.05, 3.63) is 96.5 Å². The van der Waals surface area contributed by atoms with E-state index < -0.39 is 29.2 Å². The van der Waals surface area contributed by atoms with Crippen LogP contribution in [0, 0.1) is 6.92 Å². The molecule has 0 saturated heterocycles. The van der Waals surface area contributed by atoms with Gasteiger partial charge >= 0.3 is 11.7 Å². The van der Waals surface area contributed by atoms with E-state index in [4.69, 9.17) is 0 Å². The number of phenols is 1. The lowest BCUT2D eigenvalue weighted by Gasteiger charge is -2.15. The second-order valence-corrected chi connectivity index (χ2v) is 8.92. The minimum absolute atomic E-state index is 0.0913. The van der Waals surface area contributed by atoms with E-state index in [2.05, 4.69) is 10.3 Å². The zero-order chi connectivity index (χ0) is 24.6. The number of benzene rings is 2. The van der Waals surface area contributed by atoms with E-state index in [-0.39, 0.29) is 28.1 Å². The Kier molecular flexibility index (Phi) is 6.08. The summed E-state index contributed by atoms with van der Waals surface area (Å²) in [5.41, 5.74) is 0.806. The number of aryl methyl sites for hydroxylation is 1. The third-order valence-electron chi connectivity index (χ3n) is 5.56. The number of carbonyl (C=O) groups is 2. The first-order valence-corrected chi connectivity index (χ1v) is 11.2. The molecular weight excluding hydrogens is 458 g/mol. The molecule has 0 bridgehead atoms. The highest BCUT2D eigenvalue weighted by atomic mass is 32.1. The highest BCUT2D eigenvalue weighted by Crippen LogP contribution is 2.23. The van der Waals surface area contributed by atoms with Crippen molar-refractivity contribution in [1.29, 1.82) is 0 Å². The van der Waals surface area contributed by atoms with Crippen LogP contribution in [0.4, 0.5) is 0 Å². The van der Waals surface area contributed by atoms with E-state index in [1.165, 1.54) is 24.3 Å². The Morgan fingerprint density at radius 2 is 1.91 bits per heavy atom. The number of aromatic amines is 1. The molecule has 0 fully saturated rings. The van der Waals surface area contributed by atoms with Crippen LogP contribution in [0.3, 0.4) is 0 Å². The van der Waals surface area contributed by atoms with Crippen molar-refractivity contribution in [3.8, 4) is 5.75 Å². The van der Waals surface area contributed by atoms with Gasteiger partial charge in [0.15, 0.2) is 0 Å². The predicted molar refractivity (Wildman–Crippen MR) is 128 cm³/mol. The highest BCUT2D eigenvalue weighted by molar-refractivity contribution is 7.20. The number of rotatable bonds is 6. The van der Waals surface area contributed by atoms with Crippen LogP contribution in [0.1, 0.15) is 49.7 Å². The molecule has 0 aliphatic rings. The van der Waals surface area contributed by atoms with Gasteiger partial charge in [-0.25, -0.2) is 9.59 Å². The van der Waals surface area contributed by atoms with Gasteiger partial charge in [-0.05, 0) is 54.8 Å². The number of carboxylic acid groups (broad SMARTS) is 1. The summed E-state index contributed by atoms with van der Waals surface area (Å²) in [6.07, 6.45) is 0. The van der Waals surface area contributed by atoms with E-state index in [0.717, 1.165) is 15.9 Å². The maximum Gasteiger partial charge on any atom is 0.335 e. The largest absolute Gasteiger partial charge is 0.508 e. The molecule has 9 nitrogen and oxygen atoms in total. The van der Waals surface area contributed by atoms with Crippen molar-refractivity contribution in [2.24, 2.45) is 0 Å². The summed E-state index contributed by atoms with van der Waals surface area (Å²) in [5, 5.41) is 21.7. The third-order valence-corrected chi connectivity index (χ3v) is 6.61. The molecule has 0 spiro atoms. The first-order valence-electron chi connectivity index (χ1n) is 10.3. The van der Waals surface area contributed by atoms with Gasteiger partial charge in [0, 0.05) is 6.54 Å². The fourth-order valence-corrected chi connectivity index (χ4v) is 4.71. The molecule has 0 radical (unpaired) electrons. The molecule has 4 aromatic rings. The number of thiophene rings is 1. The van der Waals surface area contributed by atoms with E-state index in [9.17, 15) is 29.4 Å². The van der Waals surface area contributed by atoms with Crippen molar-refractivity contribution in [2.45, 2.75) is 26.4 Å². The van der Waals surface area contributed by atoms with Crippen LogP contribution in [0.25, 0.3) is 10.2 Å². The number of aromatic carboxylic acids is 1. The zero-order valence-corrected chi connectivity index (χ0v) is 19.1. The Hall–Kier alpha value is -4.18. The quantitative estimate of drug-likeness (QED) is 0.335. The molecule has 2 heterocycles. The zero-order valence-electron chi connectivity index (χ0n) is 18.3. The minimum Gasteiger partial charge on any atom is -0.508 e. The summed E-state index contributed by atoms with van der Waals surface area (Å²) in [5.74, 6) is -1.38. The van der Waals surface area contributed by atoms with Crippen LogP contribution in [0.5, 0.6) is 5.75 Å². The summed E-state index contributed by atoms with van der Waals surface area (Å²) < 4.78 is 1.05. The number of aromatic nitrogens is 2. The average Bonchev–Trinajstić information content (AvgIpc) is 3.21. The maximum absolute atomic E-state index is 13.2. The van der Waals surface area contributed by atoms with Gasteiger partial charge in [0.1, 0.15) is 10.6 Å². The van der Waals surface area contributed by atoms with Crippen LogP contribution in [0.2, 0.25) is 0 Å². The van der Waals surface area contributed by atoms with E-state index in [0.29, 0.717) is 21.5 Å². The summed E-state index contributed by atoms with van der Waals surface area (Å²) >= 11 is 1.00. The monoisotopic (exact) mass is 479 g/mol. The molecule has 4 rings (SSSR count). The fraction of sp³-hybridized carbons (Fsp3) is 0.167. The number of amides is 1. The Labute approximate surface area is 196 Å². The van der Waals surface area contributed by atoms with Crippen molar-refractivity contribution < 1.29 is 19.8 Å². The van der Waals surface area contributed by atoms with E-state index in [1.807, 2.05) is 0 Å². The molecule has 0 aliphatic heterocycles. The Morgan fingerprint density at radius 1 is 1.15 bits per heavy atom. The molecule has 0 aliphatic carbocycles. The van der Waals surface area contributed by atoms with Crippen molar-refractivity contribution >= 4 is 33.4 Å². The molecule has 2 aromatic heterocycles. The first-order chi connectivity index (χ1) is 16.2. The molecule has 34 heavy (non-hydrogen) atoms. The van der Waals surface area contributed by atoms with E-state index in [1.54, 1.807) is 38.1 Å². The molecule has 0 saturated carbocycles. The smallest absolute Gasteiger partial charge is 0.335 e. The van der Waals surface area contributed by atoms with Crippen LogP contribution >= 0.6 is 11.3 Å². The number of H-pyrrole nitrogens is 1.